The van der Waals surface area contributed by atoms with E-state index in [1.165, 1.54) is 0 Å². The van der Waals surface area contributed by atoms with Crippen LogP contribution in [0.5, 0.6) is 0 Å². The summed E-state index contributed by atoms with van der Waals surface area (Å²) < 4.78 is 0. The van der Waals surface area contributed by atoms with Crippen molar-refractivity contribution in [3.05, 3.63) is 29.8 Å². The Labute approximate surface area is 123 Å². The third-order valence-electron chi connectivity index (χ3n) is 4.45. The van der Waals surface area contributed by atoms with Gasteiger partial charge in [-0.15, -0.1) is 0 Å². The van der Waals surface area contributed by atoms with E-state index in [1.54, 1.807) is 4.90 Å². The molecule has 112 valence electrons. The lowest BCUT2D eigenvalue weighted by Gasteiger charge is -2.29. The molecule has 2 heterocycles. The van der Waals surface area contributed by atoms with Crippen molar-refractivity contribution in [1.29, 1.82) is 0 Å². The Morgan fingerprint density at radius 1 is 1.19 bits per heavy atom. The Balaban J connectivity index is 1.85. The van der Waals surface area contributed by atoms with E-state index in [0.717, 1.165) is 30.5 Å². The van der Waals surface area contributed by atoms with Gasteiger partial charge in [0.2, 0.25) is 5.91 Å². The van der Waals surface area contributed by atoms with E-state index in [9.17, 15) is 14.7 Å². The number of aliphatic carboxylic acids is 1. The molecular formula is C16H20N2O3. The second-order valence-corrected chi connectivity index (χ2v) is 5.76. The number of fused-ring (bicyclic) bond motifs is 1. The normalized spacial score (nSPS) is 24.9. The summed E-state index contributed by atoms with van der Waals surface area (Å²) in [6.07, 6.45) is 3.31. The summed E-state index contributed by atoms with van der Waals surface area (Å²) in [5, 5.41) is 12.6. The monoisotopic (exact) mass is 288 g/mol. The number of likely N-dealkylation sites (tertiary alicyclic amines) is 1. The van der Waals surface area contributed by atoms with E-state index >= 15 is 0 Å². The molecule has 0 spiro atoms. The number of nitrogens with one attached hydrogen (secondary N) is 1. The van der Waals surface area contributed by atoms with Crippen LogP contribution >= 0.6 is 0 Å². The molecular weight excluding hydrogens is 268 g/mol. The Hall–Kier alpha value is -2.04. The molecule has 2 aliphatic rings. The molecule has 2 atom stereocenters. The summed E-state index contributed by atoms with van der Waals surface area (Å²) in [7, 11) is 0. The van der Waals surface area contributed by atoms with Gasteiger partial charge in [0.25, 0.3) is 0 Å². The SMILES string of the molecule is O=C(O)C1CCCCCN1C(=O)C1CNc2ccccc21. The predicted octanol–water partition coefficient (Wildman–Crippen LogP) is 2.05. The van der Waals surface area contributed by atoms with Crippen LogP contribution in [-0.4, -0.2) is 41.0 Å². The number of amides is 1. The molecule has 1 aromatic rings. The Morgan fingerprint density at radius 3 is 2.81 bits per heavy atom. The van der Waals surface area contributed by atoms with Crippen LogP contribution in [0.15, 0.2) is 24.3 Å². The molecule has 1 saturated heterocycles. The Morgan fingerprint density at radius 2 is 2.00 bits per heavy atom. The van der Waals surface area contributed by atoms with Gasteiger partial charge in [-0.1, -0.05) is 31.0 Å². The second kappa shape index (κ2) is 5.76. The molecule has 0 radical (unpaired) electrons. The molecule has 21 heavy (non-hydrogen) atoms. The molecule has 0 aromatic heterocycles. The summed E-state index contributed by atoms with van der Waals surface area (Å²) in [4.78, 5) is 25.9. The van der Waals surface area contributed by atoms with Crippen LogP contribution in [-0.2, 0) is 9.59 Å². The van der Waals surface area contributed by atoms with Crippen LogP contribution in [0, 0.1) is 0 Å². The number of anilines is 1. The van der Waals surface area contributed by atoms with E-state index in [1.807, 2.05) is 24.3 Å². The van der Waals surface area contributed by atoms with Crippen LogP contribution in [0.4, 0.5) is 5.69 Å². The van der Waals surface area contributed by atoms with Gasteiger partial charge in [0.15, 0.2) is 0 Å². The van der Waals surface area contributed by atoms with Crippen molar-refractivity contribution >= 4 is 17.6 Å². The zero-order valence-corrected chi connectivity index (χ0v) is 11.9. The minimum absolute atomic E-state index is 0.0539. The molecule has 0 aliphatic carbocycles. The number of carbonyl (C=O) groups is 2. The van der Waals surface area contributed by atoms with Gasteiger partial charge in [-0.3, -0.25) is 4.79 Å². The number of carboxylic acid groups (broad SMARTS) is 1. The Kier molecular flexibility index (Phi) is 3.82. The van der Waals surface area contributed by atoms with Gasteiger partial charge in [-0.25, -0.2) is 4.79 Å². The maximum atomic E-state index is 12.9. The standard InChI is InChI=1S/C16H20N2O3/c19-15(12-10-17-13-7-4-3-6-11(12)13)18-9-5-1-2-8-14(18)16(20)21/h3-4,6-7,12,14,17H,1-2,5,8-10H2,(H,20,21). The molecule has 3 rings (SSSR count). The average molecular weight is 288 g/mol. The molecule has 1 aromatic carbocycles. The first-order valence-electron chi connectivity index (χ1n) is 7.54. The molecule has 1 fully saturated rings. The van der Waals surface area contributed by atoms with Crippen molar-refractivity contribution < 1.29 is 14.7 Å². The fourth-order valence-electron chi connectivity index (χ4n) is 3.33. The summed E-state index contributed by atoms with van der Waals surface area (Å²) in [6, 6.07) is 7.09. The van der Waals surface area contributed by atoms with Crippen molar-refractivity contribution in [1.82, 2.24) is 4.90 Å². The third-order valence-corrected chi connectivity index (χ3v) is 4.45. The zero-order valence-electron chi connectivity index (χ0n) is 11.9. The van der Waals surface area contributed by atoms with Crippen LogP contribution < -0.4 is 5.32 Å². The van der Waals surface area contributed by atoms with Crippen molar-refractivity contribution in [3.63, 3.8) is 0 Å². The number of hydrogen-bond acceptors (Lipinski definition) is 3. The number of benzene rings is 1. The summed E-state index contributed by atoms with van der Waals surface area (Å²) in [5.41, 5.74) is 1.97. The molecule has 2 unspecified atom stereocenters. The van der Waals surface area contributed by atoms with E-state index in [-0.39, 0.29) is 11.8 Å². The Bertz CT molecular complexity index is 558. The van der Waals surface area contributed by atoms with Gasteiger partial charge in [0, 0.05) is 18.8 Å². The number of rotatable bonds is 2. The van der Waals surface area contributed by atoms with Gasteiger partial charge < -0.3 is 15.3 Å². The van der Waals surface area contributed by atoms with Crippen LogP contribution in [0.25, 0.3) is 0 Å². The minimum Gasteiger partial charge on any atom is -0.480 e. The molecule has 2 aliphatic heterocycles. The van der Waals surface area contributed by atoms with E-state index in [4.69, 9.17) is 0 Å². The number of nitrogens with zero attached hydrogens (tertiary/aromatic N) is 1. The third kappa shape index (κ3) is 2.60. The van der Waals surface area contributed by atoms with Crippen LogP contribution in [0.2, 0.25) is 0 Å². The van der Waals surface area contributed by atoms with Crippen molar-refractivity contribution in [2.75, 3.05) is 18.4 Å². The van der Waals surface area contributed by atoms with E-state index in [0.29, 0.717) is 19.5 Å². The number of hydrogen-bond donors (Lipinski definition) is 2. The topological polar surface area (TPSA) is 69.6 Å². The highest BCUT2D eigenvalue weighted by molar-refractivity contribution is 5.91. The van der Waals surface area contributed by atoms with Gasteiger partial charge in [0.05, 0.1) is 5.92 Å². The van der Waals surface area contributed by atoms with Crippen LogP contribution in [0.3, 0.4) is 0 Å². The minimum atomic E-state index is -0.885. The fraction of sp³-hybridized carbons (Fsp3) is 0.500. The first-order chi connectivity index (χ1) is 10.2. The average Bonchev–Trinajstić information content (AvgIpc) is 2.75. The highest BCUT2D eigenvalue weighted by Gasteiger charge is 2.37. The van der Waals surface area contributed by atoms with E-state index in [2.05, 4.69) is 5.32 Å². The molecule has 5 nitrogen and oxygen atoms in total. The first kappa shape index (κ1) is 13.9. The van der Waals surface area contributed by atoms with Gasteiger partial charge in [0.1, 0.15) is 6.04 Å². The quantitative estimate of drug-likeness (QED) is 0.874. The lowest BCUT2D eigenvalue weighted by Crippen LogP contribution is -2.47. The summed E-state index contributed by atoms with van der Waals surface area (Å²) >= 11 is 0. The second-order valence-electron chi connectivity index (χ2n) is 5.76. The largest absolute Gasteiger partial charge is 0.480 e. The molecule has 1 amide bonds. The van der Waals surface area contributed by atoms with Gasteiger partial charge in [-0.05, 0) is 24.5 Å². The van der Waals surface area contributed by atoms with Gasteiger partial charge in [-0.2, -0.15) is 0 Å². The van der Waals surface area contributed by atoms with E-state index < -0.39 is 12.0 Å². The van der Waals surface area contributed by atoms with Crippen molar-refractivity contribution in [3.8, 4) is 0 Å². The smallest absolute Gasteiger partial charge is 0.326 e. The van der Waals surface area contributed by atoms with Gasteiger partial charge >= 0.3 is 5.97 Å². The maximum absolute atomic E-state index is 12.9. The molecule has 5 heteroatoms. The van der Waals surface area contributed by atoms with Crippen LogP contribution in [0.1, 0.15) is 37.2 Å². The number of carboxylic acids is 1. The summed E-state index contributed by atoms with van der Waals surface area (Å²) in [6.45, 7) is 1.11. The summed E-state index contributed by atoms with van der Waals surface area (Å²) in [5.74, 6) is -1.20. The molecule has 0 saturated carbocycles. The van der Waals surface area contributed by atoms with Crippen molar-refractivity contribution in [2.45, 2.75) is 37.6 Å². The molecule has 2 N–H and O–H groups in total. The fourth-order valence-corrected chi connectivity index (χ4v) is 3.33. The maximum Gasteiger partial charge on any atom is 0.326 e. The lowest BCUT2D eigenvalue weighted by molar-refractivity contribution is -0.150. The highest BCUT2D eigenvalue weighted by atomic mass is 16.4. The number of para-hydroxylation sites is 1. The first-order valence-corrected chi connectivity index (χ1v) is 7.54. The molecule has 0 bridgehead atoms. The predicted molar refractivity (Wildman–Crippen MR) is 79.3 cm³/mol. The highest BCUT2D eigenvalue weighted by Crippen LogP contribution is 2.33. The number of carbonyl (C=O) groups excluding carboxylic acids is 1. The lowest BCUT2D eigenvalue weighted by atomic mass is 9.98. The van der Waals surface area contributed by atoms with Crippen molar-refractivity contribution in [2.24, 2.45) is 0 Å². The zero-order chi connectivity index (χ0) is 14.8.